The number of carbonyl (C=O) groups is 2. The summed E-state index contributed by atoms with van der Waals surface area (Å²) in [6.45, 7) is 12.5. The quantitative estimate of drug-likeness (QED) is 0.439. The molecule has 5 heteroatoms. The highest BCUT2D eigenvalue weighted by Crippen LogP contribution is 2.39. The summed E-state index contributed by atoms with van der Waals surface area (Å²) in [6, 6.07) is 0. The Kier molecular flexibility index (Phi) is 6.17. The maximum absolute atomic E-state index is 11.7. The second-order valence-electron chi connectivity index (χ2n) is 7.61. The third kappa shape index (κ3) is 5.55. The molecule has 0 amide bonds. The van der Waals surface area contributed by atoms with E-state index in [0.717, 1.165) is 25.7 Å². The van der Waals surface area contributed by atoms with Gasteiger partial charge >= 0.3 is 5.97 Å². The zero-order valence-electron chi connectivity index (χ0n) is 14.3. The van der Waals surface area contributed by atoms with E-state index >= 15 is 0 Å². The molecule has 0 heterocycles. The van der Waals surface area contributed by atoms with Crippen LogP contribution in [0.3, 0.4) is 0 Å². The molecule has 21 heavy (non-hydrogen) atoms. The normalized spacial score (nSPS) is 23.7. The van der Waals surface area contributed by atoms with E-state index in [1.807, 2.05) is 0 Å². The zero-order valence-corrected chi connectivity index (χ0v) is 15.3. The smallest absolute Gasteiger partial charge is 0.313 e. The Morgan fingerprint density at radius 1 is 1.10 bits per heavy atom. The lowest BCUT2D eigenvalue weighted by molar-refractivity contribution is -0.157. The number of esters is 1. The zero-order chi connectivity index (χ0) is 16.3. The van der Waals surface area contributed by atoms with Crippen LogP contribution in [-0.2, 0) is 18.8 Å². The molecule has 0 radical (unpaired) electrons. The van der Waals surface area contributed by atoms with Crippen molar-refractivity contribution >= 4 is 20.1 Å². The molecule has 1 aliphatic rings. The predicted octanol–water partition coefficient (Wildman–Crippen LogP) is 3.84. The van der Waals surface area contributed by atoms with Crippen LogP contribution >= 0.6 is 0 Å². The Hall–Kier alpha value is -0.683. The largest absolute Gasteiger partial charge is 0.459 e. The highest BCUT2D eigenvalue weighted by Gasteiger charge is 2.42. The van der Waals surface area contributed by atoms with Crippen molar-refractivity contribution in [3.8, 4) is 0 Å². The fourth-order valence-electron chi connectivity index (χ4n) is 2.30. The summed E-state index contributed by atoms with van der Waals surface area (Å²) in [5, 5.41) is 0.137. The van der Waals surface area contributed by atoms with Crippen LogP contribution in [0.5, 0.6) is 0 Å². The van der Waals surface area contributed by atoms with Crippen LogP contribution < -0.4 is 0 Å². The molecule has 2 atom stereocenters. The first kappa shape index (κ1) is 18.4. The summed E-state index contributed by atoms with van der Waals surface area (Å²) in [4.78, 5) is 22.8. The third-order valence-electron chi connectivity index (χ3n) is 4.57. The Morgan fingerprint density at radius 3 is 2.10 bits per heavy atom. The van der Waals surface area contributed by atoms with Gasteiger partial charge < -0.3 is 9.16 Å². The summed E-state index contributed by atoms with van der Waals surface area (Å²) < 4.78 is 11.9. The van der Waals surface area contributed by atoms with Crippen LogP contribution in [0.15, 0.2) is 0 Å². The molecule has 4 nitrogen and oxygen atoms in total. The van der Waals surface area contributed by atoms with E-state index in [4.69, 9.17) is 9.16 Å². The van der Waals surface area contributed by atoms with Gasteiger partial charge in [0.2, 0.25) is 0 Å². The number of carbonyl (C=O) groups excluding carboxylic acids is 2. The van der Waals surface area contributed by atoms with E-state index in [-0.39, 0.29) is 29.5 Å². The third-order valence-corrected chi connectivity index (χ3v) is 9.07. The number of ether oxygens (including phenoxy) is 1. The van der Waals surface area contributed by atoms with Crippen molar-refractivity contribution in [3.63, 3.8) is 0 Å². The van der Waals surface area contributed by atoms with Crippen LogP contribution in [-0.4, -0.2) is 32.3 Å². The standard InChI is InChI=1S/C16H30O4Si/c1-12(17)11-15(18)19-13-9-7-8-10-14(13)20-21(5,6)16(2,3)4/h13-14H,7-11H2,1-6H3/t13-,14-/m1/s1. The Labute approximate surface area is 129 Å². The fraction of sp³-hybridized carbons (Fsp3) is 0.875. The van der Waals surface area contributed by atoms with Gasteiger partial charge in [-0.3, -0.25) is 9.59 Å². The maximum atomic E-state index is 11.7. The lowest BCUT2D eigenvalue weighted by atomic mass is 9.95. The first-order chi connectivity index (χ1) is 9.53. The second-order valence-corrected chi connectivity index (χ2v) is 12.4. The van der Waals surface area contributed by atoms with E-state index in [9.17, 15) is 9.59 Å². The summed E-state index contributed by atoms with van der Waals surface area (Å²) in [5.41, 5.74) is 0. The molecule has 0 unspecified atom stereocenters. The summed E-state index contributed by atoms with van der Waals surface area (Å²) >= 11 is 0. The van der Waals surface area contributed by atoms with Crippen LogP contribution in [0.4, 0.5) is 0 Å². The first-order valence-corrected chi connectivity index (χ1v) is 10.8. The summed E-state index contributed by atoms with van der Waals surface area (Å²) in [5.74, 6) is -0.573. The molecular formula is C16H30O4Si. The molecule has 0 aromatic rings. The average Bonchev–Trinajstić information content (AvgIpc) is 2.28. The van der Waals surface area contributed by atoms with Crippen LogP contribution in [0.25, 0.3) is 0 Å². The molecule has 0 aliphatic heterocycles. The minimum atomic E-state index is -1.88. The van der Waals surface area contributed by atoms with Gasteiger partial charge in [0.05, 0.1) is 6.10 Å². The van der Waals surface area contributed by atoms with Gasteiger partial charge in [0, 0.05) is 0 Å². The van der Waals surface area contributed by atoms with Crippen LogP contribution in [0.2, 0.25) is 18.1 Å². The average molecular weight is 314 g/mol. The minimum Gasteiger partial charge on any atom is -0.459 e. The van der Waals surface area contributed by atoms with Crippen molar-refractivity contribution in [1.29, 1.82) is 0 Å². The van der Waals surface area contributed by atoms with Gasteiger partial charge in [-0.05, 0) is 44.3 Å². The van der Waals surface area contributed by atoms with Gasteiger partial charge in [0.15, 0.2) is 8.32 Å². The molecule has 1 rings (SSSR count). The summed E-state index contributed by atoms with van der Waals surface area (Å²) in [7, 11) is -1.88. The van der Waals surface area contributed by atoms with Crippen molar-refractivity contribution < 1.29 is 18.8 Å². The Balaban J connectivity index is 2.69. The molecule has 0 saturated heterocycles. The van der Waals surface area contributed by atoms with E-state index in [1.54, 1.807) is 0 Å². The number of rotatable bonds is 5. The van der Waals surface area contributed by atoms with Crippen molar-refractivity contribution in [3.05, 3.63) is 0 Å². The first-order valence-electron chi connectivity index (χ1n) is 7.89. The van der Waals surface area contributed by atoms with Gasteiger partial charge in [-0.2, -0.15) is 0 Å². The van der Waals surface area contributed by atoms with E-state index in [1.165, 1.54) is 6.92 Å². The number of Topliss-reactive ketones (excluding diaryl/α,β-unsaturated/α-hetero) is 1. The molecule has 0 bridgehead atoms. The van der Waals surface area contributed by atoms with Crippen molar-refractivity contribution in [2.45, 2.75) is 90.1 Å². The van der Waals surface area contributed by atoms with Gasteiger partial charge in [0.25, 0.3) is 0 Å². The topological polar surface area (TPSA) is 52.6 Å². The SMILES string of the molecule is CC(=O)CC(=O)O[C@@H]1CCCC[C@H]1O[Si](C)(C)C(C)(C)C. The van der Waals surface area contributed by atoms with Gasteiger partial charge in [0.1, 0.15) is 18.3 Å². The van der Waals surface area contributed by atoms with Gasteiger partial charge in [-0.15, -0.1) is 0 Å². The van der Waals surface area contributed by atoms with Crippen LogP contribution in [0.1, 0.15) is 59.8 Å². The minimum absolute atomic E-state index is 0.0180. The molecule has 1 saturated carbocycles. The summed E-state index contributed by atoms with van der Waals surface area (Å²) in [6.07, 6.45) is 3.59. The molecule has 122 valence electrons. The highest BCUT2D eigenvalue weighted by molar-refractivity contribution is 6.74. The predicted molar refractivity (Wildman–Crippen MR) is 85.7 cm³/mol. The maximum Gasteiger partial charge on any atom is 0.313 e. The number of hydrogen-bond donors (Lipinski definition) is 0. The molecular weight excluding hydrogens is 284 g/mol. The monoisotopic (exact) mass is 314 g/mol. The van der Waals surface area contributed by atoms with Crippen molar-refractivity contribution in [2.24, 2.45) is 0 Å². The van der Waals surface area contributed by atoms with E-state index < -0.39 is 14.3 Å². The molecule has 0 aromatic carbocycles. The lowest BCUT2D eigenvalue weighted by Gasteiger charge is -2.42. The second kappa shape index (κ2) is 7.05. The Bertz CT molecular complexity index is 384. The molecule has 1 fully saturated rings. The number of ketones is 1. The van der Waals surface area contributed by atoms with E-state index in [2.05, 4.69) is 33.9 Å². The van der Waals surface area contributed by atoms with Gasteiger partial charge in [-0.25, -0.2) is 0 Å². The molecule has 0 N–H and O–H groups in total. The molecule has 1 aliphatic carbocycles. The van der Waals surface area contributed by atoms with Gasteiger partial charge in [-0.1, -0.05) is 27.2 Å². The molecule has 0 aromatic heterocycles. The van der Waals surface area contributed by atoms with Crippen LogP contribution in [0, 0.1) is 0 Å². The molecule has 0 spiro atoms. The number of hydrogen-bond acceptors (Lipinski definition) is 4. The fourth-order valence-corrected chi connectivity index (χ4v) is 3.68. The van der Waals surface area contributed by atoms with E-state index in [0.29, 0.717) is 0 Å². The van der Waals surface area contributed by atoms with Crippen molar-refractivity contribution in [2.75, 3.05) is 0 Å². The van der Waals surface area contributed by atoms with Crippen molar-refractivity contribution in [1.82, 2.24) is 0 Å². The lowest BCUT2D eigenvalue weighted by Crippen LogP contribution is -2.49. The Morgan fingerprint density at radius 2 is 1.62 bits per heavy atom. The highest BCUT2D eigenvalue weighted by atomic mass is 28.4.